The van der Waals surface area contributed by atoms with Gasteiger partial charge in [-0.05, 0) is 42.2 Å². The van der Waals surface area contributed by atoms with Gasteiger partial charge in [0.05, 0.1) is 0 Å². The summed E-state index contributed by atoms with van der Waals surface area (Å²) in [4.78, 5) is 0. The van der Waals surface area contributed by atoms with Crippen LogP contribution in [0.5, 0.6) is 5.75 Å². The lowest BCUT2D eigenvalue weighted by molar-refractivity contribution is 0.264. The second kappa shape index (κ2) is 6.48. The first-order valence-corrected chi connectivity index (χ1v) is 8.04. The molecule has 0 atom stereocenters. The van der Waals surface area contributed by atoms with Crippen molar-refractivity contribution in [3.63, 3.8) is 0 Å². The van der Waals surface area contributed by atoms with E-state index in [1.807, 2.05) is 43.3 Å². The summed E-state index contributed by atoms with van der Waals surface area (Å²) >= 11 is 0. The van der Waals surface area contributed by atoms with E-state index in [0.717, 1.165) is 16.9 Å². The molecule has 0 aliphatic rings. The van der Waals surface area contributed by atoms with E-state index in [9.17, 15) is 0 Å². The Labute approximate surface area is 142 Å². The zero-order chi connectivity index (χ0) is 17.2. The number of hydrogen-bond acceptors (Lipinski definition) is 4. The van der Waals surface area contributed by atoms with E-state index >= 15 is 0 Å². The Kier molecular flexibility index (Phi) is 4.38. The van der Waals surface area contributed by atoms with E-state index in [0.29, 0.717) is 11.8 Å². The van der Waals surface area contributed by atoms with Gasteiger partial charge in [0.15, 0.2) is 6.61 Å². The molecule has 0 fully saturated rings. The Hall–Kier alpha value is -2.62. The third-order valence-electron chi connectivity index (χ3n) is 3.81. The third kappa shape index (κ3) is 3.82. The summed E-state index contributed by atoms with van der Waals surface area (Å²) in [5.74, 6) is 1.77. The predicted molar refractivity (Wildman–Crippen MR) is 93.9 cm³/mol. The minimum absolute atomic E-state index is 0.133. The van der Waals surface area contributed by atoms with Crippen LogP contribution in [0.4, 0.5) is 0 Å². The van der Waals surface area contributed by atoms with Crippen molar-refractivity contribution >= 4 is 0 Å². The summed E-state index contributed by atoms with van der Waals surface area (Å²) in [6.45, 7) is 8.86. The van der Waals surface area contributed by atoms with Crippen molar-refractivity contribution in [2.75, 3.05) is 0 Å². The first kappa shape index (κ1) is 16.2. The van der Waals surface area contributed by atoms with Crippen LogP contribution >= 0.6 is 0 Å². The van der Waals surface area contributed by atoms with Crippen LogP contribution in [0.25, 0.3) is 11.5 Å². The Bertz CT molecular complexity index is 814. The highest BCUT2D eigenvalue weighted by Gasteiger charge is 2.13. The first-order chi connectivity index (χ1) is 11.4. The van der Waals surface area contributed by atoms with Crippen molar-refractivity contribution in [2.24, 2.45) is 0 Å². The number of rotatable bonds is 4. The van der Waals surface area contributed by atoms with Crippen molar-refractivity contribution in [3.05, 3.63) is 65.5 Å². The van der Waals surface area contributed by atoms with Gasteiger partial charge in [-0.1, -0.05) is 50.6 Å². The van der Waals surface area contributed by atoms with E-state index < -0.39 is 0 Å². The number of hydrogen-bond donors (Lipinski definition) is 0. The van der Waals surface area contributed by atoms with Gasteiger partial charge in [0, 0.05) is 5.56 Å². The number of benzene rings is 2. The van der Waals surface area contributed by atoms with Crippen LogP contribution in [0.3, 0.4) is 0 Å². The molecule has 4 nitrogen and oxygen atoms in total. The van der Waals surface area contributed by atoms with Crippen LogP contribution in [0.2, 0.25) is 0 Å². The Morgan fingerprint density at radius 3 is 2.42 bits per heavy atom. The topological polar surface area (TPSA) is 48.2 Å². The molecule has 0 radical (unpaired) electrons. The molecule has 0 spiro atoms. The number of ether oxygens (including phenoxy) is 1. The Balaban J connectivity index is 1.65. The van der Waals surface area contributed by atoms with Crippen molar-refractivity contribution in [1.82, 2.24) is 10.2 Å². The largest absolute Gasteiger partial charge is 0.484 e. The normalized spacial score (nSPS) is 11.5. The average Bonchev–Trinajstić information content (AvgIpc) is 3.01. The van der Waals surface area contributed by atoms with Crippen LogP contribution in [-0.4, -0.2) is 10.2 Å². The average molecular weight is 322 g/mol. The highest BCUT2D eigenvalue weighted by molar-refractivity contribution is 5.53. The molecule has 1 aromatic heterocycles. The van der Waals surface area contributed by atoms with Gasteiger partial charge in [-0.25, -0.2) is 0 Å². The Morgan fingerprint density at radius 2 is 1.75 bits per heavy atom. The fourth-order valence-electron chi connectivity index (χ4n) is 2.40. The van der Waals surface area contributed by atoms with E-state index in [1.165, 1.54) is 5.56 Å². The molecule has 0 bridgehead atoms. The van der Waals surface area contributed by atoms with E-state index in [4.69, 9.17) is 9.15 Å². The zero-order valence-electron chi connectivity index (χ0n) is 14.5. The molecule has 0 unspecified atom stereocenters. The second-order valence-electron chi connectivity index (χ2n) is 6.93. The van der Waals surface area contributed by atoms with Crippen LogP contribution in [0.1, 0.15) is 37.8 Å². The van der Waals surface area contributed by atoms with Gasteiger partial charge < -0.3 is 9.15 Å². The van der Waals surface area contributed by atoms with E-state index in [1.54, 1.807) is 0 Å². The summed E-state index contributed by atoms with van der Waals surface area (Å²) in [5, 5.41) is 8.14. The summed E-state index contributed by atoms with van der Waals surface area (Å²) in [6, 6.07) is 16.1. The molecule has 0 aliphatic heterocycles. The molecule has 2 aromatic carbocycles. The van der Waals surface area contributed by atoms with Crippen molar-refractivity contribution in [2.45, 2.75) is 39.7 Å². The molecule has 1 heterocycles. The quantitative estimate of drug-likeness (QED) is 0.684. The maximum Gasteiger partial charge on any atom is 0.254 e. The standard InChI is InChI=1S/C20H22N2O2/c1-14-6-5-7-15(12-14)19-22-21-18(24-19)13-23-17-10-8-16(9-11-17)20(2,3)4/h5-12H,13H2,1-4H3. The molecule has 4 heteroatoms. The van der Waals surface area contributed by atoms with E-state index in [2.05, 4.69) is 43.1 Å². The van der Waals surface area contributed by atoms with Gasteiger partial charge in [0.1, 0.15) is 5.75 Å². The Morgan fingerprint density at radius 1 is 1.00 bits per heavy atom. The van der Waals surface area contributed by atoms with Crippen molar-refractivity contribution < 1.29 is 9.15 Å². The number of nitrogens with zero attached hydrogens (tertiary/aromatic N) is 2. The summed E-state index contributed by atoms with van der Waals surface area (Å²) in [7, 11) is 0. The first-order valence-electron chi connectivity index (χ1n) is 8.04. The van der Waals surface area contributed by atoms with Crippen LogP contribution in [-0.2, 0) is 12.0 Å². The van der Waals surface area contributed by atoms with Gasteiger partial charge in [0.2, 0.25) is 5.89 Å². The smallest absolute Gasteiger partial charge is 0.254 e. The summed E-state index contributed by atoms with van der Waals surface area (Å²) < 4.78 is 11.4. The third-order valence-corrected chi connectivity index (χ3v) is 3.81. The summed E-state index contributed by atoms with van der Waals surface area (Å²) in [5.41, 5.74) is 3.48. The van der Waals surface area contributed by atoms with Crippen LogP contribution in [0.15, 0.2) is 52.9 Å². The maximum atomic E-state index is 5.74. The van der Waals surface area contributed by atoms with Crippen LogP contribution in [0, 0.1) is 6.92 Å². The maximum absolute atomic E-state index is 5.74. The lowest BCUT2D eigenvalue weighted by Crippen LogP contribution is -2.10. The monoisotopic (exact) mass is 322 g/mol. The molecule has 24 heavy (non-hydrogen) atoms. The molecule has 0 N–H and O–H groups in total. The fraction of sp³-hybridized carbons (Fsp3) is 0.300. The van der Waals surface area contributed by atoms with Gasteiger partial charge in [-0.3, -0.25) is 0 Å². The highest BCUT2D eigenvalue weighted by Crippen LogP contribution is 2.25. The molecular weight excluding hydrogens is 300 g/mol. The van der Waals surface area contributed by atoms with E-state index in [-0.39, 0.29) is 12.0 Å². The highest BCUT2D eigenvalue weighted by atomic mass is 16.5. The fourth-order valence-corrected chi connectivity index (χ4v) is 2.40. The zero-order valence-corrected chi connectivity index (χ0v) is 14.5. The molecule has 3 rings (SSSR count). The lowest BCUT2D eigenvalue weighted by atomic mass is 9.87. The molecule has 124 valence electrons. The molecule has 0 saturated carbocycles. The number of aromatic nitrogens is 2. The predicted octanol–water partition coefficient (Wildman–Crippen LogP) is 4.92. The van der Waals surface area contributed by atoms with Gasteiger partial charge >= 0.3 is 0 Å². The van der Waals surface area contributed by atoms with Crippen molar-refractivity contribution in [1.29, 1.82) is 0 Å². The van der Waals surface area contributed by atoms with Crippen LogP contribution < -0.4 is 4.74 Å². The second-order valence-corrected chi connectivity index (χ2v) is 6.93. The number of aryl methyl sites for hydroxylation is 1. The minimum Gasteiger partial charge on any atom is -0.484 e. The van der Waals surface area contributed by atoms with Gasteiger partial charge in [-0.2, -0.15) is 0 Å². The van der Waals surface area contributed by atoms with Gasteiger partial charge in [0.25, 0.3) is 5.89 Å². The molecule has 0 saturated heterocycles. The molecule has 3 aromatic rings. The SMILES string of the molecule is Cc1cccc(-c2nnc(COc3ccc(C(C)(C)C)cc3)o2)c1. The van der Waals surface area contributed by atoms with Crippen molar-refractivity contribution in [3.8, 4) is 17.2 Å². The minimum atomic E-state index is 0.133. The molecule has 0 aliphatic carbocycles. The van der Waals surface area contributed by atoms with Gasteiger partial charge in [-0.15, -0.1) is 10.2 Å². The summed E-state index contributed by atoms with van der Waals surface area (Å²) in [6.07, 6.45) is 0. The molecule has 0 amide bonds. The molecular formula is C20H22N2O2. The lowest BCUT2D eigenvalue weighted by Gasteiger charge is -2.19.